The fraction of sp³-hybridized carbons (Fsp3) is 0.214. The van der Waals surface area contributed by atoms with Gasteiger partial charge in [0.15, 0.2) is 0 Å². The van der Waals surface area contributed by atoms with Gasteiger partial charge < -0.3 is 9.98 Å². The van der Waals surface area contributed by atoms with Crippen molar-refractivity contribution >= 4 is 0 Å². The fourth-order valence-electron chi connectivity index (χ4n) is 1.72. The maximum Gasteiger partial charge on any atom is 0.0568 e. The van der Waals surface area contributed by atoms with Crippen LogP contribution in [0, 0.1) is 5.41 Å². The van der Waals surface area contributed by atoms with E-state index in [1.807, 2.05) is 30.6 Å². The van der Waals surface area contributed by atoms with E-state index in [-0.39, 0.29) is 0 Å². The Bertz CT molecular complexity index is 465. The number of nitrogens with one attached hydrogen (secondary N) is 1. The molecule has 82 valence electrons. The summed E-state index contributed by atoms with van der Waals surface area (Å²) in [5.74, 6) is 0. The molecule has 2 rings (SSSR count). The van der Waals surface area contributed by atoms with Crippen LogP contribution in [-0.4, -0.2) is 4.57 Å². The summed E-state index contributed by atoms with van der Waals surface area (Å²) < 4.78 is 2.13. The number of hydrogen-bond acceptors (Lipinski definition) is 1. The van der Waals surface area contributed by atoms with Crippen LogP contribution < -0.4 is 5.36 Å². The number of nitrogens with zero attached hydrogens (tertiary/aromatic N) is 1. The average Bonchev–Trinajstić information content (AvgIpc) is 2.33. The highest BCUT2D eigenvalue weighted by Gasteiger charge is 1.92. The zero-order chi connectivity index (χ0) is 11.2. The van der Waals surface area contributed by atoms with Gasteiger partial charge in [-0.1, -0.05) is 30.3 Å². The van der Waals surface area contributed by atoms with Crippen molar-refractivity contribution in [3.8, 4) is 0 Å². The molecule has 0 aliphatic rings. The minimum atomic E-state index is 0.569. The number of hydrogen-bond donors (Lipinski definition) is 1. The number of aromatic nitrogens is 1. The topological polar surface area (TPSA) is 28.8 Å². The highest BCUT2D eigenvalue weighted by Crippen LogP contribution is 2.03. The van der Waals surface area contributed by atoms with E-state index in [2.05, 4.69) is 28.8 Å². The maximum absolute atomic E-state index is 7.39. The first-order valence-corrected chi connectivity index (χ1v) is 5.59. The van der Waals surface area contributed by atoms with Crippen molar-refractivity contribution in [1.82, 2.24) is 4.57 Å². The summed E-state index contributed by atoms with van der Waals surface area (Å²) in [6.45, 7) is 1.01. The molecule has 2 heteroatoms. The smallest absolute Gasteiger partial charge is 0.0568 e. The molecule has 0 saturated carbocycles. The third kappa shape index (κ3) is 3.09. The molecule has 0 radical (unpaired) electrons. The predicted octanol–water partition coefficient (Wildman–Crippen LogP) is 2.60. The van der Waals surface area contributed by atoms with Crippen LogP contribution in [0.5, 0.6) is 0 Å². The van der Waals surface area contributed by atoms with Gasteiger partial charge in [0.05, 0.1) is 5.36 Å². The largest absolute Gasteiger partial charge is 0.354 e. The Hall–Kier alpha value is -1.83. The third-order valence-electron chi connectivity index (χ3n) is 2.62. The molecule has 1 aromatic heterocycles. The van der Waals surface area contributed by atoms with Crippen molar-refractivity contribution in [2.24, 2.45) is 0 Å². The van der Waals surface area contributed by atoms with Crippen LogP contribution in [0.4, 0.5) is 0 Å². The lowest BCUT2D eigenvalue weighted by atomic mass is 10.1. The number of aryl methyl sites for hydroxylation is 2. The molecule has 1 N–H and O–H groups in total. The van der Waals surface area contributed by atoms with Crippen LogP contribution in [0.2, 0.25) is 0 Å². The summed E-state index contributed by atoms with van der Waals surface area (Å²) in [6.07, 6.45) is 6.17. The van der Waals surface area contributed by atoms with E-state index in [1.54, 1.807) is 0 Å². The molecule has 0 unspecified atom stereocenters. The maximum atomic E-state index is 7.39. The van der Waals surface area contributed by atoms with Gasteiger partial charge in [-0.15, -0.1) is 0 Å². The lowest BCUT2D eigenvalue weighted by Crippen LogP contribution is -2.04. The van der Waals surface area contributed by atoms with Crippen LogP contribution in [0.25, 0.3) is 0 Å². The molecular formula is C14H16N2. The summed E-state index contributed by atoms with van der Waals surface area (Å²) in [7, 11) is 0. The molecule has 1 heterocycles. The third-order valence-corrected chi connectivity index (χ3v) is 2.62. The van der Waals surface area contributed by atoms with Crippen molar-refractivity contribution in [2.45, 2.75) is 19.4 Å². The zero-order valence-electron chi connectivity index (χ0n) is 9.26. The van der Waals surface area contributed by atoms with Gasteiger partial charge in [-0.2, -0.15) is 0 Å². The second-order valence-electron chi connectivity index (χ2n) is 3.91. The quantitative estimate of drug-likeness (QED) is 0.807. The van der Waals surface area contributed by atoms with Crippen LogP contribution in [0.3, 0.4) is 0 Å². The molecule has 0 fully saturated rings. The standard InChI is InChI=1S/C14H16N2/c15-14-8-11-16(12-9-14)10-4-7-13-5-2-1-3-6-13/h1-3,5-6,8-9,11-12,15H,4,7,10H2. The van der Waals surface area contributed by atoms with Gasteiger partial charge >= 0.3 is 0 Å². The monoisotopic (exact) mass is 212 g/mol. The van der Waals surface area contributed by atoms with Gasteiger partial charge in [-0.25, -0.2) is 0 Å². The minimum absolute atomic E-state index is 0.569. The van der Waals surface area contributed by atoms with E-state index in [0.717, 1.165) is 19.4 Å². The highest BCUT2D eigenvalue weighted by atomic mass is 14.9. The summed E-state index contributed by atoms with van der Waals surface area (Å²) >= 11 is 0. The highest BCUT2D eigenvalue weighted by molar-refractivity contribution is 5.14. The normalized spacial score (nSPS) is 10.2. The van der Waals surface area contributed by atoms with E-state index in [1.165, 1.54) is 5.56 Å². The molecule has 2 aromatic rings. The number of rotatable bonds is 4. The lowest BCUT2D eigenvalue weighted by molar-refractivity contribution is 0.637. The second kappa shape index (κ2) is 5.31. The molecule has 1 aromatic carbocycles. The Morgan fingerprint density at radius 2 is 1.62 bits per heavy atom. The first-order valence-electron chi connectivity index (χ1n) is 5.59. The van der Waals surface area contributed by atoms with E-state index in [4.69, 9.17) is 5.41 Å². The number of benzene rings is 1. The minimum Gasteiger partial charge on any atom is -0.354 e. The molecule has 0 saturated heterocycles. The van der Waals surface area contributed by atoms with Gasteiger partial charge in [0.1, 0.15) is 0 Å². The Morgan fingerprint density at radius 3 is 2.31 bits per heavy atom. The molecule has 16 heavy (non-hydrogen) atoms. The summed E-state index contributed by atoms with van der Waals surface area (Å²) in [5.41, 5.74) is 1.39. The molecule has 0 bridgehead atoms. The summed E-state index contributed by atoms with van der Waals surface area (Å²) in [6, 6.07) is 14.2. The Balaban J connectivity index is 1.84. The predicted molar refractivity (Wildman–Crippen MR) is 65.0 cm³/mol. The Kier molecular flexibility index (Phi) is 3.54. The fourth-order valence-corrected chi connectivity index (χ4v) is 1.72. The SMILES string of the molecule is N=c1ccn(CCCc2ccccc2)cc1. The first-order chi connectivity index (χ1) is 7.84. The van der Waals surface area contributed by atoms with Gasteiger partial charge in [0.2, 0.25) is 0 Å². The second-order valence-corrected chi connectivity index (χ2v) is 3.91. The molecule has 0 atom stereocenters. The number of pyridine rings is 1. The van der Waals surface area contributed by atoms with E-state index in [0.29, 0.717) is 5.36 Å². The van der Waals surface area contributed by atoms with Crippen molar-refractivity contribution in [1.29, 1.82) is 5.41 Å². The lowest BCUT2D eigenvalue weighted by Gasteiger charge is -2.05. The van der Waals surface area contributed by atoms with Crippen LogP contribution in [-0.2, 0) is 13.0 Å². The van der Waals surface area contributed by atoms with Crippen molar-refractivity contribution in [3.05, 3.63) is 65.8 Å². The van der Waals surface area contributed by atoms with Crippen molar-refractivity contribution in [2.75, 3.05) is 0 Å². The molecule has 2 nitrogen and oxygen atoms in total. The van der Waals surface area contributed by atoms with E-state index in [9.17, 15) is 0 Å². The molecule has 0 aliphatic carbocycles. The van der Waals surface area contributed by atoms with E-state index < -0.39 is 0 Å². The van der Waals surface area contributed by atoms with Crippen LogP contribution in [0.15, 0.2) is 54.9 Å². The molecular weight excluding hydrogens is 196 g/mol. The van der Waals surface area contributed by atoms with Crippen LogP contribution >= 0.6 is 0 Å². The van der Waals surface area contributed by atoms with Gasteiger partial charge in [0, 0.05) is 18.9 Å². The van der Waals surface area contributed by atoms with Gasteiger partial charge in [0.25, 0.3) is 0 Å². The van der Waals surface area contributed by atoms with E-state index >= 15 is 0 Å². The summed E-state index contributed by atoms with van der Waals surface area (Å²) in [5, 5.41) is 7.96. The molecule has 0 amide bonds. The Morgan fingerprint density at radius 1 is 0.938 bits per heavy atom. The van der Waals surface area contributed by atoms with Gasteiger partial charge in [-0.05, 0) is 30.5 Å². The first kappa shape index (κ1) is 10.7. The molecule has 0 spiro atoms. The molecule has 0 aliphatic heterocycles. The van der Waals surface area contributed by atoms with Gasteiger partial charge in [-0.3, -0.25) is 0 Å². The van der Waals surface area contributed by atoms with Crippen molar-refractivity contribution in [3.63, 3.8) is 0 Å². The average molecular weight is 212 g/mol. The van der Waals surface area contributed by atoms with Crippen molar-refractivity contribution < 1.29 is 0 Å². The van der Waals surface area contributed by atoms with Crippen LogP contribution in [0.1, 0.15) is 12.0 Å². The zero-order valence-corrected chi connectivity index (χ0v) is 9.26. The summed E-state index contributed by atoms with van der Waals surface area (Å²) in [4.78, 5) is 0. The Labute approximate surface area is 95.7 Å².